The van der Waals surface area contributed by atoms with Crippen LogP contribution < -0.4 is 16.6 Å². The molecular weight excluding hydrogens is 598 g/mol. The number of nitrogens with zero attached hydrogens (tertiary/aromatic N) is 6. The molecule has 1 unspecified atom stereocenters. The van der Waals surface area contributed by atoms with Crippen molar-refractivity contribution in [3.05, 3.63) is 110 Å². The lowest BCUT2D eigenvalue weighted by molar-refractivity contribution is -0.137. The van der Waals surface area contributed by atoms with Gasteiger partial charge in [0.15, 0.2) is 11.2 Å². The molecule has 1 atom stereocenters. The predicted molar refractivity (Wildman–Crippen MR) is 170 cm³/mol. The molecule has 0 saturated heterocycles. The summed E-state index contributed by atoms with van der Waals surface area (Å²) in [6.45, 7) is 0. The molecular formula is C31H26ClN9O4. The normalized spacial score (nSPS) is 12.3. The van der Waals surface area contributed by atoms with Crippen LogP contribution in [0.1, 0.15) is 29.7 Å². The van der Waals surface area contributed by atoms with Gasteiger partial charge in [-0.05, 0) is 41.8 Å². The van der Waals surface area contributed by atoms with E-state index in [1.165, 1.54) is 15.3 Å². The fraction of sp³-hybridized carbons (Fsp3) is 0.161. The molecule has 13 nitrogen and oxygen atoms in total. The van der Waals surface area contributed by atoms with Crippen LogP contribution in [0.3, 0.4) is 0 Å². The number of hydrogen-bond donors (Lipinski definition) is 4. The number of hydrogen-bond acceptors (Lipinski definition) is 7. The molecule has 0 amide bonds. The van der Waals surface area contributed by atoms with Gasteiger partial charge in [-0.1, -0.05) is 35.9 Å². The Labute approximate surface area is 258 Å². The SMILES string of the molecule is Cn1c(Nc2ccnc(CCC(=O)O)n2)nc2c1c(=O)n(C(c1cc3ccccc3[nH]1)c1cc3c(Cl)cccc3[nH]1)c(=O)n2C. The lowest BCUT2D eigenvalue weighted by Crippen LogP contribution is -2.42. The lowest BCUT2D eigenvalue weighted by Gasteiger charge is -2.18. The molecule has 226 valence electrons. The number of rotatable bonds is 8. The highest BCUT2D eigenvalue weighted by Crippen LogP contribution is 2.32. The van der Waals surface area contributed by atoms with Crippen molar-refractivity contribution in [2.24, 2.45) is 14.1 Å². The number of H-pyrrole nitrogens is 2. The average molecular weight is 624 g/mol. The molecule has 0 spiro atoms. The molecule has 0 aliphatic carbocycles. The van der Waals surface area contributed by atoms with Gasteiger partial charge < -0.3 is 25.0 Å². The van der Waals surface area contributed by atoms with Crippen molar-refractivity contribution in [1.82, 2.24) is 38.6 Å². The topological polar surface area (TPSA) is 169 Å². The van der Waals surface area contributed by atoms with E-state index in [4.69, 9.17) is 16.7 Å². The number of carboxylic acids is 1. The fourth-order valence-electron chi connectivity index (χ4n) is 5.65. The second-order valence-corrected chi connectivity index (χ2v) is 11.1. The molecule has 5 heterocycles. The van der Waals surface area contributed by atoms with Gasteiger partial charge in [-0.25, -0.2) is 19.3 Å². The van der Waals surface area contributed by atoms with Crippen molar-refractivity contribution >= 4 is 62.3 Å². The van der Waals surface area contributed by atoms with Crippen molar-refractivity contribution in [2.75, 3.05) is 5.32 Å². The van der Waals surface area contributed by atoms with Crippen LogP contribution in [-0.2, 0) is 25.3 Å². The lowest BCUT2D eigenvalue weighted by atomic mass is 10.1. The van der Waals surface area contributed by atoms with Crippen molar-refractivity contribution in [2.45, 2.75) is 18.9 Å². The van der Waals surface area contributed by atoms with Gasteiger partial charge in [0.1, 0.15) is 17.7 Å². The Bertz CT molecular complexity index is 2370. The summed E-state index contributed by atoms with van der Waals surface area (Å²) in [7, 11) is 3.23. The number of benzene rings is 2. The van der Waals surface area contributed by atoms with Gasteiger partial charge in [0, 0.05) is 59.5 Å². The minimum Gasteiger partial charge on any atom is -0.481 e. The van der Waals surface area contributed by atoms with Crippen LogP contribution in [0.15, 0.2) is 76.4 Å². The number of carbonyl (C=O) groups is 1. The van der Waals surface area contributed by atoms with Gasteiger partial charge in [0.2, 0.25) is 5.95 Å². The Morgan fingerprint density at radius 1 is 0.978 bits per heavy atom. The first-order valence-corrected chi connectivity index (χ1v) is 14.4. The van der Waals surface area contributed by atoms with Crippen LogP contribution in [0.2, 0.25) is 5.02 Å². The molecule has 0 saturated carbocycles. The summed E-state index contributed by atoms with van der Waals surface area (Å²) >= 11 is 6.51. The Morgan fingerprint density at radius 2 is 1.73 bits per heavy atom. The summed E-state index contributed by atoms with van der Waals surface area (Å²) in [4.78, 5) is 59.3. The second kappa shape index (κ2) is 10.8. The van der Waals surface area contributed by atoms with Gasteiger partial charge in [-0.2, -0.15) is 4.98 Å². The fourth-order valence-corrected chi connectivity index (χ4v) is 5.88. The van der Waals surface area contributed by atoms with Crippen LogP contribution in [0, 0.1) is 0 Å². The summed E-state index contributed by atoms with van der Waals surface area (Å²) in [5, 5.41) is 14.3. The van der Waals surface area contributed by atoms with Gasteiger partial charge in [0.25, 0.3) is 5.56 Å². The summed E-state index contributed by atoms with van der Waals surface area (Å²) in [6.07, 6.45) is 1.55. The number of aliphatic carboxylic acids is 1. The number of nitrogens with one attached hydrogen (secondary N) is 3. The largest absolute Gasteiger partial charge is 0.481 e. The molecule has 0 bridgehead atoms. The number of aromatic nitrogens is 8. The average Bonchev–Trinajstić information content (AvgIpc) is 3.73. The standard InChI is InChI=1S/C31H26ClN9O4/c1-39-27-28(38-30(39)37-24-12-13-33-23(36-24)10-11-25(42)43)40(2)31(45)41(29(27)44)26(21-14-16-6-3-4-8-19(16)34-21)22-15-17-18(32)7-5-9-20(17)35-22/h3-9,12-15,26,34-35H,10-11H2,1-2H3,(H,42,43)(H,33,36,37,38). The molecule has 4 N–H and O–H groups in total. The van der Waals surface area contributed by atoms with E-state index in [1.807, 2.05) is 48.5 Å². The van der Waals surface area contributed by atoms with Crippen LogP contribution >= 0.6 is 11.6 Å². The molecule has 45 heavy (non-hydrogen) atoms. The van der Waals surface area contributed by atoms with Crippen molar-refractivity contribution in [1.29, 1.82) is 0 Å². The van der Waals surface area contributed by atoms with Gasteiger partial charge in [-0.15, -0.1) is 0 Å². The molecule has 0 radical (unpaired) electrons. The highest BCUT2D eigenvalue weighted by atomic mass is 35.5. The maximum Gasteiger partial charge on any atom is 0.333 e. The van der Waals surface area contributed by atoms with Crippen LogP contribution in [0.5, 0.6) is 0 Å². The molecule has 7 rings (SSSR count). The van der Waals surface area contributed by atoms with Crippen LogP contribution in [0.25, 0.3) is 33.0 Å². The number of fused-ring (bicyclic) bond motifs is 3. The van der Waals surface area contributed by atoms with E-state index < -0.39 is 23.3 Å². The zero-order chi connectivity index (χ0) is 31.4. The number of aromatic amines is 2. The Balaban J connectivity index is 1.40. The predicted octanol–water partition coefficient (Wildman–Crippen LogP) is 4.24. The molecule has 0 aliphatic rings. The monoisotopic (exact) mass is 623 g/mol. The first kappa shape index (κ1) is 28.1. The molecule has 14 heteroatoms. The smallest absolute Gasteiger partial charge is 0.333 e. The van der Waals surface area contributed by atoms with E-state index >= 15 is 0 Å². The van der Waals surface area contributed by atoms with E-state index in [1.54, 1.807) is 30.8 Å². The summed E-state index contributed by atoms with van der Waals surface area (Å²) < 4.78 is 4.12. The highest BCUT2D eigenvalue weighted by molar-refractivity contribution is 6.35. The quantitative estimate of drug-likeness (QED) is 0.195. The summed E-state index contributed by atoms with van der Waals surface area (Å²) in [6, 6.07) is 17.8. The summed E-state index contributed by atoms with van der Waals surface area (Å²) in [5.74, 6) is 0.0126. The number of anilines is 2. The molecule has 5 aromatic heterocycles. The van der Waals surface area contributed by atoms with E-state index in [-0.39, 0.29) is 30.0 Å². The van der Waals surface area contributed by atoms with E-state index in [0.29, 0.717) is 28.1 Å². The van der Waals surface area contributed by atoms with Crippen LogP contribution in [-0.4, -0.2) is 49.7 Å². The zero-order valence-corrected chi connectivity index (χ0v) is 24.8. The van der Waals surface area contributed by atoms with E-state index in [2.05, 4.69) is 30.2 Å². The van der Waals surface area contributed by atoms with E-state index in [9.17, 15) is 14.4 Å². The molecule has 7 aromatic rings. The van der Waals surface area contributed by atoms with Crippen LogP contribution in [0.4, 0.5) is 11.8 Å². The minimum absolute atomic E-state index is 0.114. The first-order valence-electron chi connectivity index (χ1n) is 14.0. The number of halogens is 1. The van der Waals surface area contributed by atoms with Gasteiger partial charge in [-0.3, -0.25) is 14.2 Å². The number of imidazole rings is 1. The van der Waals surface area contributed by atoms with Crippen molar-refractivity contribution in [3.63, 3.8) is 0 Å². The van der Waals surface area contributed by atoms with Crippen molar-refractivity contribution in [3.8, 4) is 0 Å². The summed E-state index contributed by atoms with van der Waals surface area (Å²) in [5.41, 5.74) is 2.11. The maximum absolute atomic E-state index is 14.4. The third kappa shape index (κ3) is 4.83. The molecule has 0 aliphatic heterocycles. The third-order valence-electron chi connectivity index (χ3n) is 7.85. The zero-order valence-electron chi connectivity index (χ0n) is 24.1. The van der Waals surface area contributed by atoms with Crippen molar-refractivity contribution < 1.29 is 9.90 Å². The number of aryl methyl sites for hydroxylation is 3. The number of para-hydroxylation sites is 1. The van der Waals surface area contributed by atoms with Gasteiger partial charge in [0.05, 0.1) is 6.42 Å². The highest BCUT2D eigenvalue weighted by Gasteiger charge is 2.28. The Hall–Kier alpha value is -5.69. The molecule has 0 fully saturated rings. The second-order valence-electron chi connectivity index (χ2n) is 10.7. The minimum atomic E-state index is -0.953. The molecule has 2 aromatic carbocycles. The third-order valence-corrected chi connectivity index (χ3v) is 8.18. The van der Waals surface area contributed by atoms with E-state index in [0.717, 1.165) is 21.8 Å². The first-order chi connectivity index (χ1) is 21.7. The Morgan fingerprint density at radius 3 is 2.51 bits per heavy atom. The maximum atomic E-state index is 14.4. The van der Waals surface area contributed by atoms with Gasteiger partial charge >= 0.3 is 11.7 Å². The number of carboxylic acid groups (broad SMARTS) is 1. The Kier molecular flexibility index (Phi) is 6.74.